The van der Waals surface area contributed by atoms with Gasteiger partial charge in [0.15, 0.2) is 14.6 Å². The lowest BCUT2D eigenvalue weighted by Crippen LogP contribution is -1.87. The monoisotopic (exact) mass is 404 g/mol. The number of halogens is 1. The molecule has 0 aliphatic carbocycles. The van der Waals surface area contributed by atoms with Gasteiger partial charge in [0.1, 0.15) is 11.3 Å². The molecule has 25 heavy (non-hydrogen) atoms. The standard InChI is InChI=1S/C16H9FN4S4/c1-22-16-19-9-6-5-8-12(13(9)25-16)24-14(18-8)21-15-20-11-7(17)3-2-4-10(11)23-15/h2-6H,1H3,(H,18,20,21). The van der Waals surface area contributed by atoms with Gasteiger partial charge in [-0.15, -0.1) is 11.3 Å². The maximum atomic E-state index is 13.8. The summed E-state index contributed by atoms with van der Waals surface area (Å²) in [7, 11) is 0. The third kappa shape index (κ3) is 2.58. The first-order valence-corrected chi connectivity index (χ1v) is 10.9. The Hall–Kier alpha value is -1.81. The number of nitrogens with zero attached hydrogens (tertiary/aromatic N) is 3. The van der Waals surface area contributed by atoms with E-state index in [9.17, 15) is 4.39 Å². The van der Waals surface area contributed by atoms with E-state index >= 15 is 0 Å². The molecule has 0 fully saturated rings. The molecule has 0 unspecified atom stereocenters. The molecular formula is C16H9FN4S4. The molecule has 0 spiro atoms. The molecule has 0 saturated carbocycles. The molecule has 5 rings (SSSR count). The molecule has 5 aromatic rings. The molecule has 1 N–H and O–H groups in total. The average Bonchev–Trinajstić information content (AvgIpc) is 3.29. The second kappa shape index (κ2) is 5.87. The van der Waals surface area contributed by atoms with Crippen LogP contribution in [0.1, 0.15) is 0 Å². The topological polar surface area (TPSA) is 50.7 Å². The van der Waals surface area contributed by atoms with Crippen LogP contribution in [-0.4, -0.2) is 21.2 Å². The van der Waals surface area contributed by atoms with E-state index in [1.807, 2.05) is 24.5 Å². The number of rotatable bonds is 3. The Morgan fingerprint density at radius 2 is 1.68 bits per heavy atom. The summed E-state index contributed by atoms with van der Waals surface area (Å²) in [6.45, 7) is 0. The number of thiazole rings is 3. The second-order valence-corrected chi connectivity index (χ2v) is 9.28. The van der Waals surface area contributed by atoms with Crippen LogP contribution in [0, 0.1) is 5.82 Å². The molecule has 124 valence electrons. The molecule has 0 atom stereocenters. The summed E-state index contributed by atoms with van der Waals surface area (Å²) >= 11 is 6.32. The maximum Gasteiger partial charge on any atom is 0.190 e. The fraction of sp³-hybridized carbons (Fsp3) is 0.0625. The van der Waals surface area contributed by atoms with Crippen molar-refractivity contribution in [2.45, 2.75) is 4.34 Å². The smallest absolute Gasteiger partial charge is 0.190 e. The van der Waals surface area contributed by atoms with Crippen molar-refractivity contribution in [1.29, 1.82) is 0 Å². The van der Waals surface area contributed by atoms with E-state index in [1.54, 1.807) is 40.5 Å². The Morgan fingerprint density at radius 1 is 0.920 bits per heavy atom. The van der Waals surface area contributed by atoms with Gasteiger partial charge in [0.25, 0.3) is 0 Å². The lowest BCUT2D eigenvalue weighted by molar-refractivity contribution is 0.637. The van der Waals surface area contributed by atoms with Crippen LogP contribution in [0.2, 0.25) is 0 Å². The van der Waals surface area contributed by atoms with E-state index in [0.29, 0.717) is 10.6 Å². The van der Waals surface area contributed by atoms with Crippen LogP contribution in [0.25, 0.3) is 30.6 Å². The normalized spacial score (nSPS) is 11.8. The van der Waals surface area contributed by atoms with E-state index < -0.39 is 0 Å². The van der Waals surface area contributed by atoms with Crippen molar-refractivity contribution in [2.24, 2.45) is 0 Å². The van der Waals surface area contributed by atoms with Crippen LogP contribution in [0.5, 0.6) is 0 Å². The van der Waals surface area contributed by atoms with Crippen LogP contribution in [0.3, 0.4) is 0 Å². The average molecular weight is 405 g/mol. The molecule has 0 aliphatic rings. The number of para-hydroxylation sites is 1. The first kappa shape index (κ1) is 15.4. The molecule has 3 aromatic heterocycles. The first-order chi connectivity index (χ1) is 12.2. The Labute approximate surface area is 157 Å². The van der Waals surface area contributed by atoms with Gasteiger partial charge in [-0.3, -0.25) is 0 Å². The number of hydrogen-bond donors (Lipinski definition) is 1. The quantitative estimate of drug-likeness (QED) is 0.367. The third-order valence-corrected chi connectivity index (χ3v) is 7.79. The zero-order valence-corrected chi connectivity index (χ0v) is 16.0. The van der Waals surface area contributed by atoms with Gasteiger partial charge in [0.2, 0.25) is 0 Å². The summed E-state index contributed by atoms with van der Waals surface area (Å²) in [6.07, 6.45) is 2.03. The van der Waals surface area contributed by atoms with E-state index in [0.717, 1.165) is 34.6 Å². The van der Waals surface area contributed by atoms with Crippen LogP contribution in [-0.2, 0) is 0 Å². The molecular weight excluding hydrogens is 395 g/mol. The fourth-order valence-corrected chi connectivity index (χ4v) is 6.15. The van der Waals surface area contributed by atoms with Gasteiger partial charge in [-0.25, -0.2) is 19.3 Å². The van der Waals surface area contributed by atoms with Crippen molar-refractivity contribution in [3.63, 3.8) is 0 Å². The van der Waals surface area contributed by atoms with Crippen molar-refractivity contribution in [3.8, 4) is 0 Å². The Balaban J connectivity index is 1.58. The van der Waals surface area contributed by atoms with Gasteiger partial charge in [0.05, 0.1) is 25.1 Å². The van der Waals surface area contributed by atoms with Gasteiger partial charge in [0, 0.05) is 0 Å². The first-order valence-electron chi connectivity index (χ1n) is 7.27. The van der Waals surface area contributed by atoms with Gasteiger partial charge < -0.3 is 5.32 Å². The minimum Gasteiger partial charge on any atom is -0.307 e. The molecule has 0 bridgehead atoms. The zero-order valence-electron chi connectivity index (χ0n) is 12.7. The molecule has 2 aromatic carbocycles. The highest BCUT2D eigenvalue weighted by atomic mass is 32.2. The van der Waals surface area contributed by atoms with Gasteiger partial charge in [-0.1, -0.05) is 40.5 Å². The summed E-state index contributed by atoms with van der Waals surface area (Å²) in [4.78, 5) is 13.6. The molecule has 0 amide bonds. The Morgan fingerprint density at radius 3 is 2.48 bits per heavy atom. The summed E-state index contributed by atoms with van der Waals surface area (Å²) in [5.41, 5.74) is 2.33. The Kier molecular flexibility index (Phi) is 3.63. The molecule has 0 aliphatic heterocycles. The highest BCUT2D eigenvalue weighted by Gasteiger charge is 2.14. The van der Waals surface area contributed by atoms with Crippen molar-refractivity contribution < 1.29 is 4.39 Å². The predicted octanol–water partition coefficient (Wildman–Crippen LogP) is 6.12. The van der Waals surface area contributed by atoms with Crippen molar-refractivity contribution in [3.05, 3.63) is 36.1 Å². The number of nitrogens with one attached hydrogen (secondary N) is 1. The van der Waals surface area contributed by atoms with Crippen molar-refractivity contribution in [1.82, 2.24) is 15.0 Å². The van der Waals surface area contributed by atoms with E-state index in [-0.39, 0.29) is 5.82 Å². The maximum absolute atomic E-state index is 13.8. The van der Waals surface area contributed by atoms with Crippen LogP contribution < -0.4 is 5.32 Å². The Bertz CT molecular complexity index is 1240. The van der Waals surface area contributed by atoms with E-state index in [1.165, 1.54) is 17.4 Å². The van der Waals surface area contributed by atoms with Gasteiger partial charge >= 0.3 is 0 Å². The molecule has 0 radical (unpaired) electrons. The zero-order chi connectivity index (χ0) is 17.0. The summed E-state index contributed by atoms with van der Waals surface area (Å²) in [6, 6.07) is 8.98. The molecule has 9 heteroatoms. The van der Waals surface area contributed by atoms with Crippen LogP contribution in [0.15, 0.2) is 34.7 Å². The second-order valence-electron chi connectivity index (χ2n) is 5.20. The van der Waals surface area contributed by atoms with Crippen molar-refractivity contribution >= 4 is 86.7 Å². The SMILES string of the molecule is CSc1nc2ccc3nc(Nc4nc5c(F)cccc5s4)sc3c2s1. The minimum absolute atomic E-state index is 0.304. The number of anilines is 2. The summed E-state index contributed by atoms with van der Waals surface area (Å²) in [5.74, 6) is -0.304. The number of hydrogen-bond acceptors (Lipinski definition) is 8. The molecule has 4 nitrogen and oxygen atoms in total. The summed E-state index contributed by atoms with van der Waals surface area (Å²) in [5, 5.41) is 4.62. The highest BCUT2D eigenvalue weighted by molar-refractivity contribution is 8.00. The fourth-order valence-electron chi connectivity index (χ4n) is 2.55. The van der Waals surface area contributed by atoms with E-state index in [4.69, 9.17) is 0 Å². The number of aromatic nitrogens is 3. The number of fused-ring (bicyclic) bond motifs is 4. The highest BCUT2D eigenvalue weighted by Crippen LogP contribution is 2.39. The minimum atomic E-state index is -0.304. The summed E-state index contributed by atoms with van der Waals surface area (Å²) < 4.78 is 17.9. The van der Waals surface area contributed by atoms with Crippen molar-refractivity contribution in [2.75, 3.05) is 11.6 Å². The number of thioether (sulfide) groups is 1. The lowest BCUT2D eigenvalue weighted by Gasteiger charge is -1.93. The van der Waals surface area contributed by atoms with Gasteiger partial charge in [-0.05, 0) is 30.5 Å². The number of benzene rings is 2. The largest absolute Gasteiger partial charge is 0.307 e. The predicted molar refractivity (Wildman–Crippen MR) is 107 cm³/mol. The van der Waals surface area contributed by atoms with Crippen LogP contribution in [0.4, 0.5) is 14.7 Å². The van der Waals surface area contributed by atoms with Gasteiger partial charge in [-0.2, -0.15) is 0 Å². The molecule has 0 saturated heterocycles. The van der Waals surface area contributed by atoms with Crippen LogP contribution >= 0.6 is 45.8 Å². The van der Waals surface area contributed by atoms with E-state index in [2.05, 4.69) is 20.3 Å². The lowest BCUT2D eigenvalue weighted by atomic mass is 10.3. The molecule has 3 heterocycles. The third-order valence-electron chi connectivity index (χ3n) is 3.65.